The highest BCUT2D eigenvalue weighted by atomic mass is 32.2. The molecule has 14 heavy (non-hydrogen) atoms. The number of rotatable bonds is 4. The number of hydrogen-bond donors (Lipinski definition) is 1. The first-order valence-corrected chi connectivity index (χ1v) is 7.09. The van der Waals surface area contributed by atoms with E-state index in [4.69, 9.17) is 0 Å². The van der Waals surface area contributed by atoms with Crippen molar-refractivity contribution in [1.82, 2.24) is 0 Å². The van der Waals surface area contributed by atoms with Gasteiger partial charge < -0.3 is 5.11 Å². The van der Waals surface area contributed by atoms with Crippen LogP contribution in [0.25, 0.3) is 0 Å². The molecule has 4 heteroatoms. The van der Waals surface area contributed by atoms with E-state index in [0.29, 0.717) is 6.42 Å². The molecule has 0 aromatic heterocycles. The van der Waals surface area contributed by atoms with Gasteiger partial charge in [0.15, 0.2) is 0 Å². The summed E-state index contributed by atoms with van der Waals surface area (Å²) in [6.07, 6.45) is 7.20. The highest BCUT2D eigenvalue weighted by Crippen LogP contribution is 2.21. The monoisotopic (exact) mass is 218 g/mol. The predicted octanol–water partition coefficient (Wildman–Crippen LogP) is 1.28. The summed E-state index contributed by atoms with van der Waals surface area (Å²) < 4.78 is 21.7. The molecule has 0 amide bonds. The lowest BCUT2D eigenvalue weighted by molar-refractivity contribution is 0.201. The second-order valence-electron chi connectivity index (χ2n) is 4.02. The lowest BCUT2D eigenvalue weighted by Gasteiger charge is -2.16. The average molecular weight is 218 g/mol. The fourth-order valence-electron chi connectivity index (χ4n) is 1.75. The van der Waals surface area contributed by atoms with Crippen LogP contribution in [0.2, 0.25) is 0 Å². The van der Waals surface area contributed by atoms with Gasteiger partial charge in [0, 0.05) is 6.26 Å². The third-order valence-corrected chi connectivity index (χ3v) is 3.47. The molecule has 0 radical (unpaired) electrons. The van der Waals surface area contributed by atoms with Crippen LogP contribution in [0.15, 0.2) is 11.6 Å². The quantitative estimate of drug-likeness (QED) is 0.723. The molecule has 0 saturated carbocycles. The Balaban J connectivity index is 2.31. The van der Waals surface area contributed by atoms with E-state index < -0.39 is 9.84 Å². The Bertz CT molecular complexity index is 303. The molecule has 0 fully saturated rings. The van der Waals surface area contributed by atoms with Crippen LogP contribution >= 0.6 is 0 Å². The Morgan fingerprint density at radius 2 is 2.29 bits per heavy atom. The summed E-state index contributed by atoms with van der Waals surface area (Å²) in [5.74, 6) is 0.250. The summed E-state index contributed by atoms with van der Waals surface area (Å²) >= 11 is 0. The van der Waals surface area contributed by atoms with Crippen molar-refractivity contribution in [2.75, 3.05) is 12.0 Å². The molecule has 1 unspecified atom stereocenters. The molecule has 0 aliphatic heterocycles. The van der Waals surface area contributed by atoms with E-state index in [1.165, 1.54) is 11.8 Å². The van der Waals surface area contributed by atoms with Crippen molar-refractivity contribution in [2.24, 2.45) is 0 Å². The van der Waals surface area contributed by atoms with Gasteiger partial charge in [0.1, 0.15) is 9.84 Å². The molecule has 0 saturated heterocycles. The third-order valence-electron chi connectivity index (χ3n) is 2.44. The SMILES string of the molecule is CS(=O)(=O)CCCC1=CC(O)CCC1. The molecule has 0 bridgehead atoms. The molecule has 1 aliphatic carbocycles. The van der Waals surface area contributed by atoms with Crippen molar-refractivity contribution < 1.29 is 13.5 Å². The van der Waals surface area contributed by atoms with Gasteiger partial charge in [-0.1, -0.05) is 11.6 Å². The molecule has 0 aromatic carbocycles. The van der Waals surface area contributed by atoms with E-state index in [-0.39, 0.29) is 11.9 Å². The Morgan fingerprint density at radius 1 is 1.57 bits per heavy atom. The maximum atomic E-state index is 10.9. The van der Waals surface area contributed by atoms with E-state index in [1.54, 1.807) is 0 Å². The molecule has 0 spiro atoms. The third kappa shape index (κ3) is 4.77. The number of aliphatic hydroxyl groups is 1. The van der Waals surface area contributed by atoms with Gasteiger partial charge in [-0.3, -0.25) is 0 Å². The van der Waals surface area contributed by atoms with Gasteiger partial charge in [-0.25, -0.2) is 8.42 Å². The number of hydrogen-bond acceptors (Lipinski definition) is 3. The molecule has 1 rings (SSSR count). The highest BCUT2D eigenvalue weighted by Gasteiger charge is 2.11. The van der Waals surface area contributed by atoms with Crippen molar-refractivity contribution in [1.29, 1.82) is 0 Å². The molecular formula is C10H18O3S. The lowest BCUT2D eigenvalue weighted by Crippen LogP contribution is -2.10. The predicted molar refractivity (Wildman–Crippen MR) is 56.9 cm³/mol. The molecule has 1 aliphatic rings. The van der Waals surface area contributed by atoms with E-state index in [2.05, 4.69) is 0 Å². The van der Waals surface area contributed by atoms with Crippen LogP contribution in [0, 0.1) is 0 Å². The van der Waals surface area contributed by atoms with Crippen LogP contribution < -0.4 is 0 Å². The molecule has 0 aromatic rings. The summed E-state index contributed by atoms with van der Waals surface area (Å²) in [7, 11) is -2.83. The van der Waals surface area contributed by atoms with E-state index >= 15 is 0 Å². The van der Waals surface area contributed by atoms with E-state index in [9.17, 15) is 13.5 Å². The molecule has 3 nitrogen and oxygen atoms in total. The first kappa shape index (κ1) is 11.7. The average Bonchev–Trinajstić information content (AvgIpc) is 2.01. The Kier molecular flexibility index (Phi) is 4.13. The standard InChI is InChI=1S/C10H18O3S/c1-14(12,13)7-3-5-9-4-2-6-10(11)8-9/h8,10-11H,2-7H2,1H3. The Labute approximate surface area is 85.7 Å². The van der Waals surface area contributed by atoms with Crippen LogP contribution in [0.5, 0.6) is 0 Å². The number of sulfone groups is 1. The number of allylic oxidation sites excluding steroid dienone is 1. The molecular weight excluding hydrogens is 200 g/mol. The summed E-state index contributed by atoms with van der Waals surface area (Å²) in [6.45, 7) is 0. The smallest absolute Gasteiger partial charge is 0.147 e. The molecule has 1 N–H and O–H groups in total. The summed E-state index contributed by atoms with van der Waals surface area (Å²) in [5.41, 5.74) is 1.22. The second kappa shape index (κ2) is 4.94. The van der Waals surface area contributed by atoms with Crippen LogP contribution in [0.4, 0.5) is 0 Å². The van der Waals surface area contributed by atoms with Gasteiger partial charge in [-0.2, -0.15) is 0 Å². The summed E-state index contributed by atoms with van der Waals surface area (Å²) in [5, 5.41) is 9.34. The maximum Gasteiger partial charge on any atom is 0.147 e. The largest absolute Gasteiger partial charge is 0.389 e. The van der Waals surface area contributed by atoms with Crippen molar-refractivity contribution >= 4 is 9.84 Å². The van der Waals surface area contributed by atoms with Crippen molar-refractivity contribution in [3.05, 3.63) is 11.6 Å². The first-order valence-electron chi connectivity index (χ1n) is 5.03. The minimum absolute atomic E-state index is 0.250. The van der Waals surface area contributed by atoms with E-state index in [0.717, 1.165) is 25.7 Å². The van der Waals surface area contributed by atoms with Gasteiger partial charge in [0.25, 0.3) is 0 Å². The van der Waals surface area contributed by atoms with Gasteiger partial charge in [0.05, 0.1) is 11.9 Å². The zero-order valence-corrected chi connectivity index (χ0v) is 9.39. The normalized spacial score (nSPS) is 23.3. The zero-order valence-electron chi connectivity index (χ0n) is 8.57. The van der Waals surface area contributed by atoms with Gasteiger partial charge >= 0.3 is 0 Å². The Hall–Kier alpha value is -0.350. The van der Waals surface area contributed by atoms with Crippen LogP contribution in [0.3, 0.4) is 0 Å². The first-order chi connectivity index (χ1) is 6.47. The molecule has 82 valence electrons. The topological polar surface area (TPSA) is 54.4 Å². The summed E-state index contributed by atoms with van der Waals surface area (Å²) in [4.78, 5) is 0. The minimum atomic E-state index is -2.83. The van der Waals surface area contributed by atoms with Crippen LogP contribution in [-0.2, 0) is 9.84 Å². The van der Waals surface area contributed by atoms with Gasteiger partial charge in [-0.15, -0.1) is 0 Å². The van der Waals surface area contributed by atoms with Crippen molar-refractivity contribution in [2.45, 2.75) is 38.2 Å². The molecule has 0 heterocycles. The van der Waals surface area contributed by atoms with E-state index in [1.807, 2.05) is 6.08 Å². The fraction of sp³-hybridized carbons (Fsp3) is 0.800. The zero-order chi connectivity index (χ0) is 10.6. The highest BCUT2D eigenvalue weighted by molar-refractivity contribution is 7.90. The minimum Gasteiger partial charge on any atom is -0.389 e. The van der Waals surface area contributed by atoms with Crippen LogP contribution in [-0.4, -0.2) is 31.6 Å². The summed E-state index contributed by atoms with van der Waals surface area (Å²) in [6, 6.07) is 0. The Morgan fingerprint density at radius 3 is 2.86 bits per heavy atom. The maximum absolute atomic E-state index is 10.9. The number of aliphatic hydroxyl groups excluding tert-OH is 1. The molecule has 1 atom stereocenters. The van der Waals surface area contributed by atoms with Gasteiger partial charge in [0.2, 0.25) is 0 Å². The second-order valence-corrected chi connectivity index (χ2v) is 6.28. The van der Waals surface area contributed by atoms with Gasteiger partial charge in [-0.05, 0) is 32.1 Å². The fourth-order valence-corrected chi connectivity index (χ4v) is 2.42. The van der Waals surface area contributed by atoms with Crippen molar-refractivity contribution in [3.63, 3.8) is 0 Å². The van der Waals surface area contributed by atoms with Crippen molar-refractivity contribution in [3.8, 4) is 0 Å². The van der Waals surface area contributed by atoms with Crippen LogP contribution in [0.1, 0.15) is 32.1 Å². The lowest BCUT2D eigenvalue weighted by atomic mass is 9.95.